The molecule has 0 aromatic heterocycles. The van der Waals surface area contributed by atoms with Gasteiger partial charge in [0.25, 0.3) is 0 Å². The Morgan fingerprint density at radius 1 is 0.902 bits per heavy atom. The predicted molar refractivity (Wildman–Crippen MR) is 160 cm³/mol. The molecule has 0 radical (unpaired) electrons. The van der Waals surface area contributed by atoms with Crippen molar-refractivity contribution in [1.29, 1.82) is 0 Å². The molecule has 4 amide bonds. The van der Waals surface area contributed by atoms with Gasteiger partial charge in [-0.1, -0.05) is 68.4 Å². The second-order valence-corrected chi connectivity index (χ2v) is 11.8. The van der Waals surface area contributed by atoms with Gasteiger partial charge in [-0.2, -0.15) is 0 Å². The van der Waals surface area contributed by atoms with Crippen LogP contribution in [0.2, 0.25) is 0 Å². The third-order valence-electron chi connectivity index (χ3n) is 6.94. The Bertz CT molecular complexity index is 1170. The van der Waals surface area contributed by atoms with Gasteiger partial charge >= 0.3 is 6.09 Å². The van der Waals surface area contributed by atoms with E-state index in [1.54, 1.807) is 20.8 Å². The molecule has 2 aromatic carbocycles. The van der Waals surface area contributed by atoms with E-state index in [0.29, 0.717) is 12.0 Å². The molecule has 4 N–H and O–H groups in total. The minimum Gasteiger partial charge on any atom is -0.444 e. The maximum absolute atomic E-state index is 14.4. The second-order valence-electron chi connectivity index (χ2n) is 11.8. The van der Waals surface area contributed by atoms with Crippen LogP contribution in [0.15, 0.2) is 54.6 Å². The Labute approximate surface area is 244 Å². The molecule has 0 saturated heterocycles. The highest BCUT2D eigenvalue weighted by Crippen LogP contribution is 2.33. The molecular formula is C32H46N4O5. The Hall–Kier alpha value is -3.88. The topological polar surface area (TPSA) is 131 Å². The average molecular weight is 567 g/mol. The van der Waals surface area contributed by atoms with Gasteiger partial charge in [-0.15, -0.1) is 0 Å². The van der Waals surface area contributed by atoms with Crippen molar-refractivity contribution in [3.8, 4) is 0 Å². The summed E-state index contributed by atoms with van der Waals surface area (Å²) in [6.07, 6.45) is 0.360. The average Bonchev–Trinajstić information content (AvgIpc) is 2.91. The minimum atomic E-state index is -1.15. The van der Waals surface area contributed by atoms with Gasteiger partial charge in [-0.3, -0.25) is 14.4 Å². The van der Waals surface area contributed by atoms with Crippen molar-refractivity contribution >= 4 is 23.8 Å². The lowest BCUT2D eigenvalue weighted by molar-refractivity contribution is -0.149. The number of benzene rings is 2. The van der Waals surface area contributed by atoms with Crippen LogP contribution in [0.3, 0.4) is 0 Å². The Morgan fingerprint density at radius 2 is 1.51 bits per heavy atom. The normalized spacial score (nSPS) is 13.0. The zero-order valence-electron chi connectivity index (χ0n) is 25.5. The van der Waals surface area contributed by atoms with Crippen LogP contribution >= 0.6 is 0 Å². The molecule has 2 unspecified atom stereocenters. The fourth-order valence-corrected chi connectivity index (χ4v) is 4.34. The summed E-state index contributed by atoms with van der Waals surface area (Å²) in [7, 11) is 0. The van der Waals surface area contributed by atoms with E-state index in [9.17, 15) is 19.2 Å². The van der Waals surface area contributed by atoms with Gasteiger partial charge in [0.15, 0.2) is 0 Å². The zero-order chi connectivity index (χ0) is 30.8. The van der Waals surface area contributed by atoms with Gasteiger partial charge < -0.3 is 26.0 Å². The van der Waals surface area contributed by atoms with Crippen molar-refractivity contribution < 1.29 is 23.9 Å². The van der Waals surface area contributed by atoms with Gasteiger partial charge in [0.05, 0.1) is 0 Å². The fraction of sp³-hybridized carbons (Fsp3) is 0.500. The number of hydrogen-bond acceptors (Lipinski definition) is 5. The summed E-state index contributed by atoms with van der Waals surface area (Å²) in [6, 6.07) is 15.0. The highest BCUT2D eigenvalue weighted by Gasteiger charge is 2.43. The Kier molecular flexibility index (Phi) is 11.9. The third-order valence-corrected chi connectivity index (χ3v) is 6.94. The van der Waals surface area contributed by atoms with Crippen molar-refractivity contribution in [2.24, 2.45) is 5.73 Å². The number of rotatable bonds is 13. The number of nitrogens with two attached hydrogens (primary N) is 1. The summed E-state index contributed by atoms with van der Waals surface area (Å²) in [5.74, 6) is -1.48. The zero-order valence-corrected chi connectivity index (χ0v) is 25.5. The van der Waals surface area contributed by atoms with Crippen LogP contribution in [0.4, 0.5) is 4.79 Å². The Balaban J connectivity index is 2.58. The molecule has 0 spiro atoms. The van der Waals surface area contributed by atoms with E-state index < -0.39 is 41.1 Å². The molecule has 0 bridgehead atoms. The largest absolute Gasteiger partial charge is 0.444 e. The van der Waals surface area contributed by atoms with Gasteiger partial charge in [0.1, 0.15) is 17.7 Å². The van der Waals surface area contributed by atoms with Crippen LogP contribution in [-0.2, 0) is 32.1 Å². The molecule has 9 nitrogen and oxygen atoms in total. The molecule has 0 aliphatic carbocycles. The van der Waals surface area contributed by atoms with E-state index in [1.807, 2.05) is 82.3 Å². The molecule has 0 saturated carbocycles. The number of carbonyl (C=O) groups is 4. The smallest absolute Gasteiger partial charge is 0.408 e. The molecule has 2 aromatic rings. The maximum atomic E-state index is 14.4. The van der Waals surface area contributed by atoms with Crippen LogP contribution in [-0.4, -0.2) is 45.9 Å². The number of nitrogens with one attached hydrogen (secondary N) is 2. The van der Waals surface area contributed by atoms with Crippen molar-refractivity contribution in [3.63, 3.8) is 0 Å². The van der Waals surface area contributed by atoms with E-state index in [2.05, 4.69) is 10.6 Å². The second kappa shape index (κ2) is 14.7. The molecule has 2 atom stereocenters. The number of ether oxygens (including phenoxy) is 1. The molecular weight excluding hydrogens is 520 g/mol. The molecule has 2 rings (SSSR count). The maximum Gasteiger partial charge on any atom is 0.408 e. The van der Waals surface area contributed by atoms with Crippen LogP contribution in [0, 0.1) is 0 Å². The number of amides is 4. The van der Waals surface area contributed by atoms with Crippen molar-refractivity contribution in [2.45, 2.75) is 104 Å². The van der Waals surface area contributed by atoms with Gasteiger partial charge in [0, 0.05) is 18.5 Å². The van der Waals surface area contributed by atoms with E-state index >= 15 is 0 Å². The predicted octanol–water partition coefficient (Wildman–Crippen LogP) is 4.78. The summed E-state index contributed by atoms with van der Waals surface area (Å²) < 4.78 is 5.41. The molecule has 0 aliphatic rings. The molecule has 0 fully saturated rings. The monoisotopic (exact) mass is 566 g/mol. The standard InChI is InChI=1S/C32H46N4O5/c1-8-22-15-17-24(18-16-22)27(28(38)34-21-23-13-11-10-12-14-23)36(32(6,7)9-2)29(39)25(19-20-26(33)37)35-30(40)41-31(3,4)5/h10-18,25,27H,8-9,19-21H2,1-7H3,(H2,33,37)(H,34,38)(H,35,40). The number of aryl methyl sites for hydroxylation is 1. The summed E-state index contributed by atoms with van der Waals surface area (Å²) >= 11 is 0. The molecule has 0 heterocycles. The lowest BCUT2D eigenvalue weighted by Crippen LogP contribution is -2.59. The number of hydrogen-bond donors (Lipinski definition) is 3. The Morgan fingerprint density at radius 3 is 2.02 bits per heavy atom. The van der Waals surface area contributed by atoms with E-state index in [-0.39, 0.29) is 25.3 Å². The first-order chi connectivity index (χ1) is 19.2. The van der Waals surface area contributed by atoms with Gasteiger partial charge in [0.2, 0.25) is 17.7 Å². The van der Waals surface area contributed by atoms with Gasteiger partial charge in [-0.25, -0.2) is 4.79 Å². The molecule has 0 aliphatic heterocycles. The van der Waals surface area contributed by atoms with Crippen LogP contribution in [0.1, 0.15) is 90.5 Å². The summed E-state index contributed by atoms with van der Waals surface area (Å²) in [4.78, 5) is 54.4. The van der Waals surface area contributed by atoms with E-state index in [1.165, 1.54) is 4.90 Å². The van der Waals surface area contributed by atoms with Crippen molar-refractivity contribution in [1.82, 2.24) is 15.5 Å². The molecule has 41 heavy (non-hydrogen) atoms. The van der Waals surface area contributed by atoms with Crippen LogP contribution in [0.5, 0.6) is 0 Å². The number of nitrogens with zero attached hydrogens (tertiary/aromatic N) is 1. The van der Waals surface area contributed by atoms with Crippen molar-refractivity contribution in [2.75, 3.05) is 0 Å². The minimum absolute atomic E-state index is 0.0448. The highest BCUT2D eigenvalue weighted by atomic mass is 16.6. The lowest BCUT2D eigenvalue weighted by atomic mass is 9.91. The molecule has 224 valence electrons. The third kappa shape index (κ3) is 10.2. The summed E-state index contributed by atoms with van der Waals surface area (Å²) in [6.45, 7) is 13.1. The fourth-order valence-electron chi connectivity index (χ4n) is 4.34. The van der Waals surface area contributed by atoms with E-state index in [4.69, 9.17) is 10.5 Å². The van der Waals surface area contributed by atoms with E-state index in [0.717, 1.165) is 17.5 Å². The highest BCUT2D eigenvalue weighted by molar-refractivity contribution is 5.93. The van der Waals surface area contributed by atoms with Crippen LogP contribution < -0.4 is 16.4 Å². The SMILES string of the molecule is CCc1ccc(C(C(=O)NCc2ccccc2)N(C(=O)C(CCC(N)=O)NC(=O)OC(C)(C)C)C(C)(C)CC)cc1. The number of primary amides is 1. The van der Waals surface area contributed by atoms with Gasteiger partial charge in [-0.05, 0) is 70.6 Å². The number of carbonyl (C=O) groups excluding carboxylic acids is 4. The number of alkyl carbamates (subject to hydrolysis) is 1. The van der Waals surface area contributed by atoms with Crippen molar-refractivity contribution in [3.05, 3.63) is 71.3 Å². The first-order valence-electron chi connectivity index (χ1n) is 14.2. The van der Waals surface area contributed by atoms with Crippen LogP contribution in [0.25, 0.3) is 0 Å². The molecule has 9 heteroatoms. The quantitative estimate of drug-likeness (QED) is 0.321. The lowest BCUT2D eigenvalue weighted by Gasteiger charge is -2.44. The summed E-state index contributed by atoms with van der Waals surface area (Å²) in [5.41, 5.74) is 6.44. The first kappa shape index (κ1) is 33.3. The first-order valence-corrected chi connectivity index (χ1v) is 14.2. The summed E-state index contributed by atoms with van der Waals surface area (Å²) in [5, 5.41) is 5.63.